The van der Waals surface area contributed by atoms with E-state index in [-0.39, 0.29) is 17.6 Å². The molecule has 0 radical (unpaired) electrons. The number of thioether (sulfide) groups is 1. The van der Waals surface area contributed by atoms with Crippen molar-refractivity contribution in [2.45, 2.75) is 18.6 Å². The third kappa shape index (κ3) is 5.35. The van der Waals surface area contributed by atoms with Crippen LogP contribution in [0.25, 0.3) is 11.4 Å². The lowest BCUT2D eigenvalue weighted by Crippen LogP contribution is -2.21. The average Bonchev–Trinajstić information content (AvgIpc) is 3.34. The van der Waals surface area contributed by atoms with Crippen LogP contribution in [0.4, 0.5) is 5.13 Å². The lowest BCUT2D eigenvalue weighted by molar-refractivity contribution is -0.113. The highest BCUT2D eigenvalue weighted by Crippen LogP contribution is 2.27. The summed E-state index contributed by atoms with van der Waals surface area (Å²) in [6, 6.07) is 7.54. The lowest BCUT2D eigenvalue weighted by Gasteiger charge is -2.08. The summed E-state index contributed by atoms with van der Waals surface area (Å²) in [4.78, 5) is 30.9. The molecule has 0 saturated heterocycles. The summed E-state index contributed by atoms with van der Waals surface area (Å²) in [6.07, 6.45) is 1.75. The Morgan fingerprint density at radius 2 is 2.12 bits per heavy atom. The van der Waals surface area contributed by atoms with Gasteiger partial charge in [0.15, 0.2) is 16.1 Å². The number of benzene rings is 1. The zero-order chi connectivity index (χ0) is 23.3. The molecule has 0 aliphatic heterocycles. The van der Waals surface area contributed by atoms with Gasteiger partial charge in [0.2, 0.25) is 5.91 Å². The van der Waals surface area contributed by atoms with Gasteiger partial charge in [0.05, 0.1) is 18.6 Å². The molecule has 11 heteroatoms. The molecule has 0 unspecified atom stereocenters. The minimum atomic E-state index is -0.247. The molecule has 0 aliphatic rings. The Hall–Kier alpha value is -3.18. The standard InChI is InChI=1S/C21H24N6O3S2/c1-6-10-27-18(14-8-7-9-15(11-14)30-5)24-25-21(27)31-12-16(28)23-20-22-13(2)17(32-20)19(29)26(3)4/h6-9,11H,1,10,12H2,2-5H3,(H,22,23,28). The number of rotatable bonds is 9. The molecule has 168 valence electrons. The Morgan fingerprint density at radius 3 is 2.81 bits per heavy atom. The molecule has 2 aromatic heterocycles. The molecule has 2 heterocycles. The molecule has 0 fully saturated rings. The number of thiazole rings is 1. The summed E-state index contributed by atoms with van der Waals surface area (Å²) in [5, 5.41) is 12.3. The summed E-state index contributed by atoms with van der Waals surface area (Å²) >= 11 is 2.42. The third-order valence-corrected chi connectivity index (χ3v) is 6.36. The van der Waals surface area contributed by atoms with Crippen molar-refractivity contribution in [1.82, 2.24) is 24.6 Å². The molecule has 9 nitrogen and oxygen atoms in total. The number of ether oxygens (including phenoxy) is 1. The van der Waals surface area contributed by atoms with Gasteiger partial charge in [0, 0.05) is 26.2 Å². The van der Waals surface area contributed by atoms with Gasteiger partial charge in [-0.15, -0.1) is 16.8 Å². The molecule has 0 bridgehead atoms. The monoisotopic (exact) mass is 472 g/mol. The first-order valence-corrected chi connectivity index (χ1v) is 11.4. The SMILES string of the molecule is C=CCn1c(SCC(=O)Nc2nc(C)c(C(=O)N(C)C)s2)nnc1-c1cccc(OC)c1. The second kappa shape index (κ2) is 10.4. The Kier molecular flexibility index (Phi) is 7.65. The molecule has 0 aliphatic carbocycles. The molecule has 1 N–H and O–H groups in total. The number of hydrogen-bond donors (Lipinski definition) is 1. The van der Waals surface area contributed by atoms with E-state index in [2.05, 4.69) is 27.1 Å². The minimum Gasteiger partial charge on any atom is -0.497 e. The van der Waals surface area contributed by atoms with Gasteiger partial charge >= 0.3 is 0 Å². The molecule has 3 rings (SSSR count). The van der Waals surface area contributed by atoms with Crippen LogP contribution >= 0.6 is 23.1 Å². The summed E-state index contributed by atoms with van der Waals surface area (Å²) in [5.74, 6) is 1.11. The van der Waals surface area contributed by atoms with Crippen LogP contribution in [0.15, 0.2) is 42.1 Å². The molecule has 0 spiro atoms. The van der Waals surface area contributed by atoms with Crippen molar-refractivity contribution >= 4 is 40.0 Å². The van der Waals surface area contributed by atoms with E-state index in [1.165, 1.54) is 16.7 Å². The fourth-order valence-corrected chi connectivity index (χ4v) is 4.55. The van der Waals surface area contributed by atoms with Gasteiger partial charge in [-0.1, -0.05) is 41.3 Å². The van der Waals surface area contributed by atoms with Crippen molar-refractivity contribution in [2.24, 2.45) is 0 Å². The van der Waals surface area contributed by atoms with Crippen LogP contribution in [-0.2, 0) is 11.3 Å². The number of amides is 2. The second-order valence-electron chi connectivity index (χ2n) is 6.91. The quantitative estimate of drug-likeness (QED) is 0.376. The first-order valence-electron chi connectivity index (χ1n) is 9.64. The number of aromatic nitrogens is 4. The molecule has 0 saturated carbocycles. The molecule has 2 amide bonds. The van der Waals surface area contributed by atoms with Crippen LogP contribution in [0.2, 0.25) is 0 Å². The van der Waals surface area contributed by atoms with E-state index >= 15 is 0 Å². The van der Waals surface area contributed by atoms with Crippen LogP contribution in [0.3, 0.4) is 0 Å². The number of hydrogen-bond acceptors (Lipinski definition) is 8. The van der Waals surface area contributed by atoms with Crippen molar-refractivity contribution in [2.75, 3.05) is 32.3 Å². The molecule has 1 aromatic carbocycles. The van der Waals surface area contributed by atoms with Crippen molar-refractivity contribution in [1.29, 1.82) is 0 Å². The van der Waals surface area contributed by atoms with E-state index < -0.39 is 0 Å². The van der Waals surface area contributed by atoms with Crippen LogP contribution in [-0.4, -0.2) is 63.4 Å². The Labute approximate surface area is 194 Å². The van der Waals surface area contributed by atoms with E-state index in [0.29, 0.717) is 33.2 Å². The van der Waals surface area contributed by atoms with Gasteiger partial charge in [0.1, 0.15) is 10.6 Å². The Bertz CT molecular complexity index is 1140. The van der Waals surface area contributed by atoms with Crippen molar-refractivity contribution < 1.29 is 14.3 Å². The lowest BCUT2D eigenvalue weighted by atomic mass is 10.2. The highest BCUT2D eigenvalue weighted by Gasteiger charge is 2.19. The maximum Gasteiger partial charge on any atom is 0.265 e. The van der Waals surface area contributed by atoms with Crippen LogP contribution in [0.5, 0.6) is 5.75 Å². The van der Waals surface area contributed by atoms with Crippen molar-refractivity contribution in [3.63, 3.8) is 0 Å². The number of anilines is 1. The summed E-state index contributed by atoms with van der Waals surface area (Å²) in [6.45, 7) is 6.04. The fraction of sp³-hybridized carbons (Fsp3) is 0.286. The fourth-order valence-electron chi connectivity index (χ4n) is 2.80. The van der Waals surface area contributed by atoms with Gasteiger partial charge in [-0.25, -0.2) is 4.98 Å². The van der Waals surface area contributed by atoms with Gasteiger partial charge in [-0.3, -0.25) is 14.2 Å². The van der Waals surface area contributed by atoms with E-state index in [9.17, 15) is 9.59 Å². The molecular formula is C21H24N6O3S2. The molecular weight excluding hydrogens is 448 g/mol. The largest absolute Gasteiger partial charge is 0.497 e. The smallest absolute Gasteiger partial charge is 0.265 e. The number of allylic oxidation sites excluding steroid dienone is 1. The van der Waals surface area contributed by atoms with E-state index in [1.807, 2.05) is 28.8 Å². The number of methoxy groups -OCH3 is 1. The normalized spacial score (nSPS) is 10.6. The maximum atomic E-state index is 12.5. The van der Waals surface area contributed by atoms with Crippen LogP contribution < -0.4 is 10.1 Å². The maximum absolute atomic E-state index is 12.5. The third-order valence-electron chi connectivity index (χ3n) is 4.33. The number of aryl methyl sites for hydroxylation is 1. The van der Waals surface area contributed by atoms with E-state index in [0.717, 1.165) is 22.6 Å². The predicted octanol–water partition coefficient (Wildman–Crippen LogP) is 3.34. The minimum absolute atomic E-state index is 0.114. The topological polar surface area (TPSA) is 102 Å². The van der Waals surface area contributed by atoms with E-state index in [4.69, 9.17) is 4.74 Å². The van der Waals surface area contributed by atoms with Crippen LogP contribution in [0.1, 0.15) is 15.4 Å². The Balaban J connectivity index is 1.71. The summed E-state index contributed by atoms with van der Waals surface area (Å²) in [5.41, 5.74) is 1.44. The summed E-state index contributed by atoms with van der Waals surface area (Å²) < 4.78 is 7.18. The predicted molar refractivity (Wildman–Crippen MR) is 126 cm³/mol. The van der Waals surface area contributed by atoms with E-state index in [1.54, 1.807) is 34.2 Å². The van der Waals surface area contributed by atoms with Crippen molar-refractivity contribution in [3.8, 4) is 17.1 Å². The molecule has 32 heavy (non-hydrogen) atoms. The average molecular weight is 473 g/mol. The highest BCUT2D eigenvalue weighted by molar-refractivity contribution is 7.99. The number of nitrogens with one attached hydrogen (secondary N) is 1. The van der Waals surface area contributed by atoms with Gasteiger partial charge < -0.3 is 15.0 Å². The zero-order valence-corrected chi connectivity index (χ0v) is 19.9. The molecule has 0 atom stereocenters. The Morgan fingerprint density at radius 1 is 1.34 bits per heavy atom. The first-order chi connectivity index (χ1) is 15.3. The van der Waals surface area contributed by atoms with Gasteiger partial charge in [0.25, 0.3) is 5.91 Å². The van der Waals surface area contributed by atoms with Crippen LogP contribution in [0, 0.1) is 6.92 Å². The van der Waals surface area contributed by atoms with Gasteiger partial charge in [-0.05, 0) is 19.1 Å². The van der Waals surface area contributed by atoms with Gasteiger partial charge in [-0.2, -0.15) is 0 Å². The second-order valence-corrected chi connectivity index (χ2v) is 8.85. The number of carbonyl (C=O) groups is 2. The summed E-state index contributed by atoms with van der Waals surface area (Å²) in [7, 11) is 4.96. The zero-order valence-electron chi connectivity index (χ0n) is 18.3. The van der Waals surface area contributed by atoms with Crippen molar-refractivity contribution in [3.05, 3.63) is 47.5 Å². The number of carbonyl (C=O) groups excluding carboxylic acids is 2. The first kappa shape index (κ1) is 23.5. The number of nitrogens with zero attached hydrogens (tertiary/aromatic N) is 5. The molecule has 3 aromatic rings. The highest BCUT2D eigenvalue weighted by atomic mass is 32.2.